The number of hydrogen-bond donors (Lipinski definition) is 0. The molecule has 0 aromatic carbocycles. The van der Waals surface area contributed by atoms with Crippen LogP contribution in [0.1, 0.15) is 46.0 Å². The van der Waals surface area contributed by atoms with Crippen molar-refractivity contribution < 1.29 is 4.79 Å². The molecule has 0 unspecified atom stereocenters. The normalized spacial score (nSPS) is 36.9. The minimum atomic E-state index is 0.311. The molecule has 2 aliphatic carbocycles. The first-order chi connectivity index (χ1) is 6.89. The maximum atomic E-state index is 11.9. The van der Waals surface area contributed by atoms with E-state index >= 15 is 0 Å². The molecule has 0 aliphatic heterocycles. The Morgan fingerprint density at radius 3 is 2.13 bits per heavy atom. The Morgan fingerprint density at radius 1 is 1.27 bits per heavy atom. The lowest BCUT2D eigenvalue weighted by atomic mass is 9.67. The molecule has 0 radical (unpaired) electrons. The second-order valence-corrected chi connectivity index (χ2v) is 6.24. The van der Waals surface area contributed by atoms with Gasteiger partial charge in [-0.25, -0.2) is 0 Å². The standard InChI is InChI=1S/C13H23NO/c1-12(2)10-5-7-13(12,8-6-10)9-11(15)14(3)4/h10H,5-9H2,1-4H3. The first-order valence-corrected chi connectivity index (χ1v) is 6.09. The fraction of sp³-hybridized carbons (Fsp3) is 0.923. The van der Waals surface area contributed by atoms with Crippen molar-refractivity contribution in [3.8, 4) is 0 Å². The van der Waals surface area contributed by atoms with Gasteiger partial charge < -0.3 is 4.90 Å². The highest BCUT2D eigenvalue weighted by Gasteiger charge is 2.59. The number of hydrogen-bond acceptors (Lipinski definition) is 1. The minimum Gasteiger partial charge on any atom is -0.349 e. The Hall–Kier alpha value is -0.530. The van der Waals surface area contributed by atoms with Crippen molar-refractivity contribution in [2.45, 2.75) is 46.0 Å². The highest BCUT2D eigenvalue weighted by Crippen LogP contribution is 2.67. The summed E-state index contributed by atoms with van der Waals surface area (Å²) in [5, 5.41) is 0. The predicted molar refractivity (Wildman–Crippen MR) is 61.5 cm³/mol. The van der Waals surface area contributed by atoms with Gasteiger partial charge in [0.15, 0.2) is 0 Å². The molecule has 0 N–H and O–H groups in total. The van der Waals surface area contributed by atoms with Crippen LogP contribution in [0.15, 0.2) is 0 Å². The van der Waals surface area contributed by atoms with E-state index in [0.717, 1.165) is 12.3 Å². The van der Waals surface area contributed by atoms with Crippen LogP contribution < -0.4 is 0 Å². The minimum absolute atomic E-state index is 0.311. The lowest BCUT2D eigenvalue weighted by Gasteiger charge is -2.38. The van der Waals surface area contributed by atoms with Crippen molar-refractivity contribution in [2.24, 2.45) is 16.7 Å². The molecule has 2 saturated carbocycles. The van der Waals surface area contributed by atoms with Crippen LogP contribution in [0.4, 0.5) is 0 Å². The summed E-state index contributed by atoms with van der Waals surface area (Å²) in [4.78, 5) is 13.6. The van der Waals surface area contributed by atoms with E-state index < -0.39 is 0 Å². The van der Waals surface area contributed by atoms with Gasteiger partial charge in [0.2, 0.25) is 5.91 Å². The topological polar surface area (TPSA) is 20.3 Å². The zero-order chi connectivity index (χ0) is 11.3. The van der Waals surface area contributed by atoms with Gasteiger partial charge >= 0.3 is 0 Å². The molecule has 2 rings (SSSR count). The van der Waals surface area contributed by atoms with E-state index in [9.17, 15) is 4.79 Å². The van der Waals surface area contributed by atoms with Crippen LogP contribution in [0.5, 0.6) is 0 Å². The Morgan fingerprint density at radius 2 is 1.80 bits per heavy atom. The maximum Gasteiger partial charge on any atom is 0.222 e. The van der Waals surface area contributed by atoms with E-state index in [1.807, 2.05) is 14.1 Å². The summed E-state index contributed by atoms with van der Waals surface area (Å²) in [7, 11) is 3.74. The number of nitrogens with zero attached hydrogens (tertiary/aromatic N) is 1. The predicted octanol–water partition coefficient (Wildman–Crippen LogP) is 2.68. The van der Waals surface area contributed by atoms with Crippen LogP contribution in [0.3, 0.4) is 0 Å². The zero-order valence-electron chi connectivity index (χ0n) is 10.5. The van der Waals surface area contributed by atoms with E-state index in [0.29, 0.717) is 16.7 Å². The first-order valence-electron chi connectivity index (χ1n) is 6.09. The summed E-state index contributed by atoms with van der Waals surface area (Å²) < 4.78 is 0. The van der Waals surface area contributed by atoms with Gasteiger partial charge in [0.05, 0.1) is 0 Å². The summed E-state index contributed by atoms with van der Waals surface area (Å²) in [5.74, 6) is 1.18. The van der Waals surface area contributed by atoms with Gasteiger partial charge in [-0.2, -0.15) is 0 Å². The van der Waals surface area contributed by atoms with Gasteiger partial charge in [-0.1, -0.05) is 13.8 Å². The largest absolute Gasteiger partial charge is 0.349 e. The summed E-state index contributed by atoms with van der Waals surface area (Å²) in [6.07, 6.45) is 5.99. The number of carbonyl (C=O) groups is 1. The Balaban J connectivity index is 2.17. The maximum absolute atomic E-state index is 11.9. The highest BCUT2D eigenvalue weighted by atomic mass is 16.2. The average molecular weight is 209 g/mol. The molecule has 86 valence electrons. The van der Waals surface area contributed by atoms with Gasteiger partial charge in [0, 0.05) is 20.5 Å². The van der Waals surface area contributed by atoms with E-state index in [1.54, 1.807) is 4.90 Å². The van der Waals surface area contributed by atoms with E-state index in [-0.39, 0.29) is 0 Å². The van der Waals surface area contributed by atoms with Crippen molar-refractivity contribution in [1.82, 2.24) is 4.90 Å². The molecule has 2 nitrogen and oxygen atoms in total. The van der Waals surface area contributed by atoms with E-state index in [1.165, 1.54) is 25.7 Å². The van der Waals surface area contributed by atoms with Gasteiger partial charge in [-0.15, -0.1) is 0 Å². The molecule has 0 spiro atoms. The quantitative estimate of drug-likeness (QED) is 0.684. The summed E-state index contributed by atoms with van der Waals surface area (Å²) in [6.45, 7) is 4.75. The molecule has 1 amide bonds. The van der Waals surface area contributed by atoms with Crippen LogP contribution in [-0.4, -0.2) is 24.9 Å². The van der Waals surface area contributed by atoms with Crippen molar-refractivity contribution >= 4 is 5.91 Å². The zero-order valence-corrected chi connectivity index (χ0v) is 10.5. The van der Waals surface area contributed by atoms with Crippen molar-refractivity contribution in [3.05, 3.63) is 0 Å². The van der Waals surface area contributed by atoms with Crippen molar-refractivity contribution in [2.75, 3.05) is 14.1 Å². The van der Waals surface area contributed by atoms with Crippen molar-refractivity contribution in [1.29, 1.82) is 0 Å². The lowest BCUT2D eigenvalue weighted by Crippen LogP contribution is -2.36. The Bertz CT molecular complexity index is 272. The smallest absolute Gasteiger partial charge is 0.222 e. The highest BCUT2D eigenvalue weighted by molar-refractivity contribution is 5.76. The molecular formula is C13H23NO. The Kier molecular flexibility index (Phi) is 2.36. The molecule has 0 aromatic rings. The molecule has 2 aliphatic rings. The second-order valence-electron chi connectivity index (χ2n) is 6.24. The molecule has 0 heterocycles. The van der Waals surface area contributed by atoms with E-state index in [4.69, 9.17) is 0 Å². The molecule has 2 heteroatoms. The van der Waals surface area contributed by atoms with Crippen LogP contribution in [-0.2, 0) is 4.79 Å². The number of fused-ring (bicyclic) bond motifs is 2. The summed E-state index contributed by atoms with van der Waals surface area (Å²) in [5.41, 5.74) is 0.706. The van der Waals surface area contributed by atoms with Gasteiger partial charge in [-0.3, -0.25) is 4.79 Å². The number of rotatable bonds is 2. The lowest BCUT2D eigenvalue weighted by molar-refractivity contribution is -0.132. The molecule has 0 saturated heterocycles. The first kappa shape index (κ1) is 11.0. The van der Waals surface area contributed by atoms with Gasteiger partial charge in [0.25, 0.3) is 0 Å². The second kappa shape index (κ2) is 3.23. The molecule has 15 heavy (non-hydrogen) atoms. The fourth-order valence-electron chi connectivity index (χ4n) is 3.82. The van der Waals surface area contributed by atoms with Gasteiger partial charge in [0.1, 0.15) is 0 Å². The third-order valence-electron chi connectivity index (χ3n) is 5.32. The molecule has 0 atom stereocenters. The molecule has 0 aromatic heterocycles. The number of amides is 1. The van der Waals surface area contributed by atoms with Crippen LogP contribution in [0, 0.1) is 16.7 Å². The Labute approximate surface area is 93.0 Å². The molecule has 2 bridgehead atoms. The van der Waals surface area contributed by atoms with E-state index in [2.05, 4.69) is 13.8 Å². The average Bonchev–Trinajstić information content (AvgIpc) is 2.52. The third kappa shape index (κ3) is 1.41. The van der Waals surface area contributed by atoms with Crippen LogP contribution in [0.25, 0.3) is 0 Å². The van der Waals surface area contributed by atoms with Crippen LogP contribution >= 0.6 is 0 Å². The SMILES string of the molecule is CN(C)C(=O)CC12CCC(CC1)C2(C)C. The van der Waals surface area contributed by atoms with Crippen LogP contribution in [0.2, 0.25) is 0 Å². The molecule has 2 fully saturated rings. The van der Waals surface area contributed by atoms with Gasteiger partial charge in [-0.05, 0) is 42.4 Å². The summed E-state index contributed by atoms with van der Waals surface area (Å²) >= 11 is 0. The third-order valence-corrected chi connectivity index (χ3v) is 5.32. The fourth-order valence-corrected chi connectivity index (χ4v) is 3.82. The monoisotopic (exact) mass is 209 g/mol. The molecular weight excluding hydrogens is 186 g/mol. The summed E-state index contributed by atoms with van der Waals surface area (Å²) in [6, 6.07) is 0. The van der Waals surface area contributed by atoms with Crippen molar-refractivity contribution in [3.63, 3.8) is 0 Å². The number of carbonyl (C=O) groups excluding carboxylic acids is 1.